The lowest BCUT2D eigenvalue weighted by molar-refractivity contribution is 0.143. The van der Waals surface area contributed by atoms with Crippen LogP contribution in [0.5, 0.6) is 0 Å². The van der Waals surface area contributed by atoms with Gasteiger partial charge in [0, 0.05) is 17.6 Å². The summed E-state index contributed by atoms with van der Waals surface area (Å²) in [6.45, 7) is 2.59. The Morgan fingerprint density at radius 2 is 1.96 bits per heavy atom. The van der Waals surface area contributed by atoms with Crippen molar-refractivity contribution >= 4 is 23.5 Å². The normalized spacial score (nSPS) is 11.0. The molecule has 2 rings (SSSR count). The van der Waals surface area contributed by atoms with Gasteiger partial charge in [-0.25, -0.2) is 5.84 Å². The smallest absolute Gasteiger partial charge is 0.117 e. The van der Waals surface area contributed by atoms with Crippen LogP contribution < -0.4 is 10.9 Å². The Labute approximate surface area is 142 Å². The molecule has 0 heterocycles. The molecule has 0 aliphatic heterocycles. The number of oxime groups is 1. The van der Waals surface area contributed by atoms with Crippen LogP contribution in [0.3, 0.4) is 0 Å². The molecule has 2 N–H and O–H groups in total. The molecular weight excluding hydrogens is 310 g/mol. The maximum absolute atomic E-state index is 5.86. The van der Waals surface area contributed by atoms with Crippen molar-refractivity contribution in [3.63, 3.8) is 0 Å². The van der Waals surface area contributed by atoms with Gasteiger partial charge in [-0.2, -0.15) is 0 Å². The Kier molecular flexibility index (Phi) is 6.44. The van der Waals surface area contributed by atoms with Crippen molar-refractivity contribution in [2.45, 2.75) is 19.8 Å². The van der Waals surface area contributed by atoms with Gasteiger partial charge >= 0.3 is 0 Å². The summed E-state index contributed by atoms with van der Waals surface area (Å²) in [7, 11) is 1.80. The van der Waals surface area contributed by atoms with Gasteiger partial charge in [0.1, 0.15) is 6.61 Å². The lowest BCUT2D eigenvalue weighted by Crippen LogP contribution is -2.26. The molecule has 0 atom stereocenters. The Balaban J connectivity index is 1.82. The molecule has 0 bridgehead atoms. The fraction of sp³-hybridized carbons (Fsp3) is 0.278. The second kappa shape index (κ2) is 8.56. The fourth-order valence-corrected chi connectivity index (χ4v) is 2.40. The summed E-state index contributed by atoms with van der Waals surface area (Å²) in [5.74, 6) is 5.83. The van der Waals surface area contributed by atoms with E-state index in [2.05, 4.69) is 5.16 Å². The Bertz CT molecular complexity index is 654. The molecule has 0 saturated heterocycles. The summed E-state index contributed by atoms with van der Waals surface area (Å²) < 4.78 is 0. The number of rotatable bonds is 7. The van der Waals surface area contributed by atoms with Crippen molar-refractivity contribution in [3.8, 4) is 0 Å². The molecule has 0 saturated carbocycles. The first kappa shape index (κ1) is 17.3. The molecule has 0 aliphatic rings. The van der Waals surface area contributed by atoms with Crippen LogP contribution in [0.4, 0.5) is 5.69 Å². The van der Waals surface area contributed by atoms with Crippen LogP contribution >= 0.6 is 11.6 Å². The van der Waals surface area contributed by atoms with E-state index < -0.39 is 0 Å². The number of nitrogens with two attached hydrogens (primary N) is 1. The van der Waals surface area contributed by atoms with Crippen LogP contribution in [0.25, 0.3) is 0 Å². The van der Waals surface area contributed by atoms with Crippen molar-refractivity contribution < 1.29 is 4.84 Å². The number of hydrogen-bond donors (Lipinski definition) is 1. The molecule has 0 unspecified atom stereocenters. The summed E-state index contributed by atoms with van der Waals surface area (Å²) in [6.07, 6.45) is 3.56. The van der Waals surface area contributed by atoms with Gasteiger partial charge < -0.3 is 9.85 Å². The SMILES string of the molecule is Cc1cccc(N(C)N)c1/C=N\OCCCc1ccc(Cl)cc1. The van der Waals surface area contributed by atoms with Crippen LogP contribution in [0.15, 0.2) is 47.6 Å². The van der Waals surface area contributed by atoms with Crippen LogP contribution in [0, 0.1) is 6.92 Å². The highest BCUT2D eigenvalue weighted by atomic mass is 35.5. The zero-order valence-electron chi connectivity index (χ0n) is 13.5. The molecule has 0 spiro atoms. The quantitative estimate of drug-likeness (QED) is 0.362. The van der Waals surface area contributed by atoms with Crippen LogP contribution in [-0.2, 0) is 11.3 Å². The maximum Gasteiger partial charge on any atom is 0.117 e. The molecule has 0 fully saturated rings. The first-order chi connectivity index (χ1) is 11.1. The van der Waals surface area contributed by atoms with Gasteiger partial charge in [0.2, 0.25) is 0 Å². The van der Waals surface area contributed by atoms with Gasteiger partial charge in [-0.1, -0.05) is 41.0 Å². The molecule has 0 amide bonds. The lowest BCUT2D eigenvalue weighted by atomic mass is 10.1. The molecule has 0 aromatic heterocycles. The van der Waals surface area contributed by atoms with Crippen molar-refractivity contribution in [1.82, 2.24) is 0 Å². The summed E-state index contributed by atoms with van der Waals surface area (Å²) in [5, 5.41) is 6.40. The van der Waals surface area contributed by atoms with Crippen molar-refractivity contribution in [3.05, 3.63) is 64.2 Å². The number of nitrogens with zero attached hydrogens (tertiary/aromatic N) is 2. The average Bonchev–Trinajstić information content (AvgIpc) is 2.53. The number of benzene rings is 2. The van der Waals surface area contributed by atoms with Crippen LogP contribution in [0.1, 0.15) is 23.1 Å². The lowest BCUT2D eigenvalue weighted by Gasteiger charge is -2.16. The molecule has 4 nitrogen and oxygen atoms in total. The van der Waals surface area contributed by atoms with Crippen molar-refractivity contribution in [1.29, 1.82) is 0 Å². The van der Waals surface area contributed by atoms with E-state index in [0.29, 0.717) is 6.61 Å². The molecule has 2 aromatic carbocycles. The highest BCUT2D eigenvalue weighted by Crippen LogP contribution is 2.19. The molecule has 23 heavy (non-hydrogen) atoms. The van der Waals surface area contributed by atoms with E-state index in [1.165, 1.54) is 5.56 Å². The number of anilines is 1. The van der Waals surface area contributed by atoms with Gasteiger partial charge in [0.05, 0.1) is 11.9 Å². The topological polar surface area (TPSA) is 50.8 Å². The standard InChI is InChI=1S/C18H22ClN3O/c1-14-5-3-7-18(22(2)20)17(14)13-21-23-12-4-6-15-8-10-16(19)11-9-15/h3,5,7-11,13H,4,6,12,20H2,1-2H3/b21-13-. The second-order valence-electron chi connectivity index (χ2n) is 5.42. The van der Waals surface area contributed by atoms with Crippen molar-refractivity contribution in [2.75, 3.05) is 18.7 Å². The second-order valence-corrected chi connectivity index (χ2v) is 5.85. The third-order valence-corrected chi connectivity index (χ3v) is 3.80. The van der Waals surface area contributed by atoms with Gasteiger partial charge in [0.15, 0.2) is 0 Å². The monoisotopic (exact) mass is 331 g/mol. The van der Waals surface area contributed by atoms with E-state index in [-0.39, 0.29) is 0 Å². The van der Waals surface area contributed by atoms with Gasteiger partial charge in [-0.05, 0) is 49.1 Å². The van der Waals surface area contributed by atoms with Gasteiger partial charge in [-0.15, -0.1) is 0 Å². The molecule has 122 valence electrons. The minimum absolute atomic E-state index is 0.568. The summed E-state index contributed by atoms with van der Waals surface area (Å²) in [6, 6.07) is 13.8. The van der Waals surface area contributed by atoms with E-state index in [0.717, 1.165) is 34.7 Å². The Morgan fingerprint density at radius 3 is 2.65 bits per heavy atom. The minimum atomic E-state index is 0.568. The number of aryl methyl sites for hydroxylation is 2. The van der Waals surface area contributed by atoms with E-state index in [1.54, 1.807) is 18.3 Å². The summed E-state index contributed by atoms with van der Waals surface area (Å²) >= 11 is 5.86. The first-order valence-electron chi connectivity index (χ1n) is 7.56. The largest absolute Gasteiger partial charge is 0.396 e. The first-order valence-corrected chi connectivity index (χ1v) is 7.93. The predicted molar refractivity (Wildman–Crippen MR) is 97.1 cm³/mol. The third kappa shape index (κ3) is 5.27. The van der Waals surface area contributed by atoms with Crippen LogP contribution in [0.2, 0.25) is 5.02 Å². The van der Waals surface area contributed by atoms with E-state index >= 15 is 0 Å². The predicted octanol–water partition coefficient (Wildman–Crippen LogP) is 3.94. The summed E-state index contributed by atoms with van der Waals surface area (Å²) in [4.78, 5) is 5.36. The Morgan fingerprint density at radius 1 is 1.22 bits per heavy atom. The van der Waals surface area contributed by atoms with Gasteiger partial charge in [0.25, 0.3) is 0 Å². The van der Waals surface area contributed by atoms with Gasteiger partial charge in [-0.3, -0.25) is 0 Å². The van der Waals surface area contributed by atoms with Crippen molar-refractivity contribution in [2.24, 2.45) is 11.0 Å². The van der Waals surface area contributed by atoms with E-state index in [4.69, 9.17) is 22.3 Å². The number of hydrazine groups is 1. The van der Waals surface area contributed by atoms with Crippen LogP contribution in [-0.4, -0.2) is 19.9 Å². The fourth-order valence-electron chi connectivity index (χ4n) is 2.28. The average molecular weight is 332 g/mol. The molecular formula is C18H22ClN3O. The zero-order chi connectivity index (χ0) is 16.7. The molecule has 5 heteroatoms. The van der Waals surface area contributed by atoms with E-state index in [1.807, 2.05) is 49.4 Å². The third-order valence-electron chi connectivity index (χ3n) is 3.55. The summed E-state index contributed by atoms with van der Waals surface area (Å²) in [5.41, 5.74) is 4.23. The molecule has 2 aromatic rings. The number of hydrogen-bond acceptors (Lipinski definition) is 4. The molecule has 0 aliphatic carbocycles. The van der Waals surface area contributed by atoms with E-state index in [9.17, 15) is 0 Å². The molecule has 0 radical (unpaired) electrons. The highest BCUT2D eigenvalue weighted by molar-refractivity contribution is 6.30. The highest BCUT2D eigenvalue weighted by Gasteiger charge is 2.05. The Hall–Kier alpha value is -2.04. The minimum Gasteiger partial charge on any atom is -0.396 e. The zero-order valence-corrected chi connectivity index (χ0v) is 14.3. The number of halogens is 1. The maximum atomic E-state index is 5.86.